The van der Waals surface area contributed by atoms with Crippen LogP contribution in [0.5, 0.6) is 0 Å². The lowest BCUT2D eigenvalue weighted by molar-refractivity contribution is -0.168. The van der Waals surface area contributed by atoms with Gasteiger partial charge in [-0.2, -0.15) is 18.7 Å². The number of β-amino-alcohol motifs (C(OH)–C–C–N with tert-alkyl or cyclic N) is 1. The molecular formula is C12H22F3N3O3. The minimum Gasteiger partial charge on any atom is -0.459 e. The predicted molar refractivity (Wildman–Crippen MR) is 68.8 cm³/mol. The molecule has 1 aliphatic heterocycles. The second-order valence-electron chi connectivity index (χ2n) is 6.01. The molecule has 0 aromatic heterocycles. The topological polar surface area (TPSA) is 73.8 Å². The van der Waals surface area contributed by atoms with Gasteiger partial charge in [-0.05, 0) is 33.6 Å². The number of ether oxygens (including phenoxy) is 1. The van der Waals surface area contributed by atoms with Crippen LogP contribution in [-0.2, 0) is 9.53 Å². The van der Waals surface area contributed by atoms with Crippen LogP contribution in [0.15, 0.2) is 0 Å². The van der Waals surface area contributed by atoms with Gasteiger partial charge in [0.25, 0.3) is 0 Å². The first kappa shape index (κ1) is 18.1. The van der Waals surface area contributed by atoms with E-state index in [1.807, 2.05) is 5.43 Å². The summed E-state index contributed by atoms with van der Waals surface area (Å²) in [5.74, 6) is -0.532. The number of carbonyl (C=O) groups excluding carboxylic acids is 1. The van der Waals surface area contributed by atoms with Crippen molar-refractivity contribution in [1.82, 2.24) is 16.0 Å². The summed E-state index contributed by atoms with van der Waals surface area (Å²) in [5, 5.41) is 10.8. The maximum absolute atomic E-state index is 12.1. The zero-order valence-electron chi connectivity index (χ0n) is 12.3. The third-order valence-electron chi connectivity index (χ3n) is 2.75. The summed E-state index contributed by atoms with van der Waals surface area (Å²) >= 11 is 0. The Morgan fingerprint density at radius 3 is 2.48 bits per heavy atom. The summed E-state index contributed by atoms with van der Waals surface area (Å²) in [4.78, 5) is 12.1. The summed E-state index contributed by atoms with van der Waals surface area (Å²) in [6.07, 6.45) is -4.38. The molecule has 0 saturated carbocycles. The molecule has 1 heterocycles. The van der Waals surface area contributed by atoms with Gasteiger partial charge in [-0.3, -0.25) is 4.79 Å². The number of hydrogen-bond donors (Lipinski definition) is 3. The molecule has 9 heteroatoms. The molecule has 2 atom stereocenters. The van der Waals surface area contributed by atoms with E-state index in [4.69, 9.17) is 4.74 Å². The molecule has 0 aromatic rings. The van der Waals surface area contributed by atoms with E-state index in [1.54, 1.807) is 20.8 Å². The molecule has 1 fully saturated rings. The number of halogens is 3. The Hall–Kier alpha value is -0.900. The van der Waals surface area contributed by atoms with E-state index in [-0.39, 0.29) is 6.54 Å². The normalized spacial score (nSPS) is 24.9. The van der Waals surface area contributed by atoms with Crippen LogP contribution in [0.2, 0.25) is 0 Å². The fraction of sp³-hybridized carbons (Fsp3) is 0.917. The first-order chi connectivity index (χ1) is 9.48. The zero-order chi connectivity index (χ0) is 16.3. The van der Waals surface area contributed by atoms with Crippen molar-refractivity contribution in [2.75, 3.05) is 13.1 Å². The Labute approximate surface area is 121 Å². The predicted octanol–water partition coefficient (Wildman–Crippen LogP) is 0.725. The average molecular weight is 313 g/mol. The molecule has 0 amide bonds. The molecule has 1 aliphatic rings. The fourth-order valence-electron chi connectivity index (χ4n) is 1.93. The number of nitrogens with one attached hydrogen (secondary N) is 2. The van der Waals surface area contributed by atoms with Crippen LogP contribution in [0, 0.1) is 0 Å². The highest BCUT2D eigenvalue weighted by Crippen LogP contribution is 2.19. The summed E-state index contributed by atoms with van der Waals surface area (Å²) in [7, 11) is 0. The van der Waals surface area contributed by atoms with Crippen LogP contribution in [-0.4, -0.2) is 53.1 Å². The van der Waals surface area contributed by atoms with Gasteiger partial charge in [-0.25, -0.2) is 10.4 Å². The Kier molecular flexibility index (Phi) is 5.97. The number of hydrogen-bond acceptors (Lipinski definition) is 6. The standard InChI is InChI=1S/C12H22F3N3O3/c1-11(2,3)21-10(20)9-5-4-8(19)6-18(9)17-16-7-12(13,14)15/h8-9,16-17,19H,4-7H2,1-3H3/t8-,9-/m0/s1. The van der Waals surface area contributed by atoms with E-state index in [0.29, 0.717) is 12.8 Å². The van der Waals surface area contributed by atoms with Crippen LogP contribution in [0.3, 0.4) is 0 Å². The molecule has 1 rings (SSSR count). The number of carbonyl (C=O) groups is 1. The smallest absolute Gasteiger partial charge is 0.402 e. The number of piperidine rings is 1. The van der Waals surface area contributed by atoms with Gasteiger partial charge in [0.1, 0.15) is 18.2 Å². The summed E-state index contributed by atoms with van der Waals surface area (Å²) < 4.78 is 41.5. The third-order valence-corrected chi connectivity index (χ3v) is 2.75. The van der Waals surface area contributed by atoms with Gasteiger partial charge >= 0.3 is 12.1 Å². The van der Waals surface area contributed by atoms with Gasteiger partial charge < -0.3 is 9.84 Å². The number of aliphatic hydroxyl groups is 1. The first-order valence-electron chi connectivity index (χ1n) is 6.71. The van der Waals surface area contributed by atoms with E-state index >= 15 is 0 Å². The van der Waals surface area contributed by atoms with E-state index in [1.165, 1.54) is 5.01 Å². The second kappa shape index (κ2) is 6.91. The number of nitrogens with zero attached hydrogens (tertiary/aromatic N) is 1. The minimum atomic E-state index is -4.37. The Bertz CT molecular complexity index is 358. The molecule has 0 spiro atoms. The van der Waals surface area contributed by atoms with E-state index in [9.17, 15) is 23.1 Å². The number of esters is 1. The Morgan fingerprint density at radius 2 is 1.95 bits per heavy atom. The highest BCUT2D eigenvalue weighted by atomic mass is 19.4. The zero-order valence-corrected chi connectivity index (χ0v) is 12.3. The molecule has 0 unspecified atom stereocenters. The second-order valence-corrected chi connectivity index (χ2v) is 6.01. The average Bonchev–Trinajstić information content (AvgIpc) is 2.24. The van der Waals surface area contributed by atoms with Gasteiger partial charge in [0.15, 0.2) is 0 Å². The van der Waals surface area contributed by atoms with Crippen LogP contribution < -0.4 is 11.0 Å². The van der Waals surface area contributed by atoms with Crippen molar-refractivity contribution in [2.24, 2.45) is 0 Å². The van der Waals surface area contributed by atoms with Crippen molar-refractivity contribution in [2.45, 2.75) is 57.5 Å². The molecule has 0 aliphatic carbocycles. The van der Waals surface area contributed by atoms with Gasteiger partial charge in [0, 0.05) is 6.54 Å². The number of aliphatic hydroxyl groups excluding tert-OH is 1. The van der Waals surface area contributed by atoms with Gasteiger partial charge in [-0.1, -0.05) is 0 Å². The monoisotopic (exact) mass is 313 g/mol. The van der Waals surface area contributed by atoms with Gasteiger partial charge in [0.2, 0.25) is 0 Å². The summed E-state index contributed by atoms with van der Waals surface area (Å²) in [6, 6.07) is -0.742. The largest absolute Gasteiger partial charge is 0.459 e. The molecule has 1 saturated heterocycles. The molecule has 6 nitrogen and oxygen atoms in total. The lowest BCUT2D eigenvalue weighted by atomic mass is 10.0. The van der Waals surface area contributed by atoms with E-state index in [2.05, 4.69) is 5.53 Å². The first-order valence-corrected chi connectivity index (χ1v) is 6.71. The molecule has 0 radical (unpaired) electrons. The Morgan fingerprint density at radius 1 is 1.33 bits per heavy atom. The van der Waals surface area contributed by atoms with Crippen molar-refractivity contribution < 1.29 is 27.8 Å². The highest BCUT2D eigenvalue weighted by molar-refractivity contribution is 5.76. The SMILES string of the molecule is CC(C)(C)OC(=O)[C@@H]1CC[C@H](O)CN1NNCC(F)(F)F. The van der Waals surface area contributed by atoms with Crippen molar-refractivity contribution >= 4 is 5.97 Å². The maximum atomic E-state index is 12.1. The lowest BCUT2D eigenvalue weighted by Gasteiger charge is -2.37. The summed E-state index contributed by atoms with van der Waals surface area (Å²) in [5.41, 5.74) is 3.64. The molecule has 3 N–H and O–H groups in total. The minimum absolute atomic E-state index is 0.0365. The molecular weight excluding hydrogens is 291 g/mol. The van der Waals surface area contributed by atoms with E-state index < -0.39 is 36.4 Å². The van der Waals surface area contributed by atoms with Crippen LogP contribution >= 0.6 is 0 Å². The van der Waals surface area contributed by atoms with Crippen molar-refractivity contribution in [3.8, 4) is 0 Å². The van der Waals surface area contributed by atoms with E-state index in [0.717, 1.165) is 0 Å². The van der Waals surface area contributed by atoms with Crippen molar-refractivity contribution in [3.63, 3.8) is 0 Å². The van der Waals surface area contributed by atoms with Crippen molar-refractivity contribution in [1.29, 1.82) is 0 Å². The van der Waals surface area contributed by atoms with Crippen molar-refractivity contribution in [3.05, 3.63) is 0 Å². The third kappa shape index (κ3) is 7.07. The van der Waals surface area contributed by atoms with Crippen LogP contribution in [0.1, 0.15) is 33.6 Å². The number of rotatable bonds is 4. The Balaban J connectivity index is 2.60. The van der Waals surface area contributed by atoms with Gasteiger partial charge in [0.05, 0.1) is 6.10 Å². The van der Waals surface area contributed by atoms with Crippen LogP contribution in [0.25, 0.3) is 0 Å². The molecule has 0 aromatic carbocycles. The molecule has 21 heavy (non-hydrogen) atoms. The maximum Gasteiger partial charge on any atom is 0.402 e. The molecule has 0 bridgehead atoms. The quantitative estimate of drug-likeness (QED) is 0.525. The van der Waals surface area contributed by atoms with Crippen LogP contribution in [0.4, 0.5) is 13.2 Å². The number of alkyl halides is 3. The molecule has 124 valence electrons. The summed E-state index contributed by atoms with van der Waals surface area (Å²) in [6.45, 7) is 3.92. The highest BCUT2D eigenvalue weighted by Gasteiger charge is 2.36. The lowest BCUT2D eigenvalue weighted by Crippen LogP contribution is -2.61. The van der Waals surface area contributed by atoms with Gasteiger partial charge in [-0.15, -0.1) is 0 Å². The number of hydrazine groups is 2. The fourth-order valence-corrected chi connectivity index (χ4v) is 1.93.